The molecule has 1 N–H and O–H groups in total. The first-order valence-corrected chi connectivity index (χ1v) is 6.96. The average Bonchev–Trinajstić information content (AvgIpc) is 2.75. The number of anilines is 1. The summed E-state index contributed by atoms with van der Waals surface area (Å²) in [6.07, 6.45) is 3.69. The van der Waals surface area contributed by atoms with Crippen molar-refractivity contribution >= 4 is 28.9 Å². The second-order valence-corrected chi connectivity index (χ2v) is 6.09. The Morgan fingerprint density at radius 3 is 2.84 bits per heavy atom. The van der Waals surface area contributed by atoms with E-state index in [9.17, 15) is 4.79 Å². The number of carbonyl (C=O) groups is 1. The van der Waals surface area contributed by atoms with E-state index in [1.165, 1.54) is 0 Å². The van der Waals surface area contributed by atoms with Gasteiger partial charge in [0.05, 0.1) is 21.9 Å². The molecule has 3 rings (SSSR count). The molecule has 1 aromatic carbocycles. The number of nitrogens with one attached hydrogen (secondary N) is 1. The Hall–Kier alpha value is -1.48. The van der Waals surface area contributed by atoms with Crippen LogP contribution in [0.1, 0.15) is 32.3 Å². The summed E-state index contributed by atoms with van der Waals surface area (Å²) in [5, 5.41) is 4.12. The fourth-order valence-electron chi connectivity index (χ4n) is 2.77. The maximum Gasteiger partial charge on any atom is 0.227 e. The smallest absolute Gasteiger partial charge is 0.227 e. The number of likely N-dealkylation sites (tertiary alicyclic amines) is 1. The second kappa shape index (κ2) is 4.27. The summed E-state index contributed by atoms with van der Waals surface area (Å²) >= 11 is 6.28. The zero-order valence-electron chi connectivity index (χ0n) is 11.2. The van der Waals surface area contributed by atoms with Crippen molar-refractivity contribution in [1.82, 2.24) is 4.90 Å². The zero-order chi connectivity index (χ0) is 13.6. The Labute approximate surface area is 118 Å². The largest absolute Gasteiger partial charge is 0.375 e. The molecular weight excluding hydrogens is 260 g/mol. The maximum absolute atomic E-state index is 12.0. The van der Waals surface area contributed by atoms with Gasteiger partial charge in [0.15, 0.2) is 0 Å². The Morgan fingerprint density at radius 1 is 1.37 bits per heavy atom. The average molecular weight is 277 g/mol. The van der Waals surface area contributed by atoms with Crippen LogP contribution in [0, 0.1) is 0 Å². The third kappa shape index (κ3) is 2.12. The first kappa shape index (κ1) is 12.5. The number of carbonyl (C=O) groups excluding carboxylic acids is 1. The lowest BCUT2D eigenvalue weighted by molar-refractivity contribution is -0.124. The minimum atomic E-state index is -0.212. The van der Waals surface area contributed by atoms with E-state index in [1.807, 2.05) is 23.1 Å². The van der Waals surface area contributed by atoms with E-state index in [0.29, 0.717) is 11.4 Å². The predicted octanol–water partition coefficient (Wildman–Crippen LogP) is 3.51. The van der Waals surface area contributed by atoms with E-state index in [-0.39, 0.29) is 11.4 Å². The van der Waals surface area contributed by atoms with Gasteiger partial charge in [-0.1, -0.05) is 23.7 Å². The van der Waals surface area contributed by atoms with Gasteiger partial charge >= 0.3 is 0 Å². The van der Waals surface area contributed by atoms with Gasteiger partial charge in [-0.25, -0.2) is 0 Å². The van der Waals surface area contributed by atoms with Gasteiger partial charge < -0.3 is 10.2 Å². The van der Waals surface area contributed by atoms with E-state index in [1.54, 1.807) is 0 Å². The van der Waals surface area contributed by atoms with E-state index in [2.05, 4.69) is 25.2 Å². The van der Waals surface area contributed by atoms with Crippen molar-refractivity contribution in [3.63, 3.8) is 0 Å². The molecule has 0 bridgehead atoms. The molecule has 0 unspecified atom stereocenters. The van der Waals surface area contributed by atoms with Crippen molar-refractivity contribution in [2.45, 2.75) is 32.2 Å². The van der Waals surface area contributed by atoms with Crippen LogP contribution in [0.4, 0.5) is 5.69 Å². The monoisotopic (exact) mass is 276 g/mol. The van der Waals surface area contributed by atoms with Crippen molar-refractivity contribution in [2.75, 3.05) is 11.9 Å². The van der Waals surface area contributed by atoms with Crippen molar-refractivity contribution in [2.24, 2.45) is 0 Å². The molecule has 3 nitrogen and oxygen atoms in total. The zero-order valence-corrected chi connectivity index (χ0v) is 11.9. The van der Waals surface area contributed by atoms with Crippen LogP contribution in [0.25, 0.3) is 5.70 Å². The summed E-state index contributed by atoms with van der Waals surface area (Å²) in [6, 6.07) is 5.81. The highest BCUT2D eigenvalue weighted by Crippen LogP contribution is 2.40. The van der Waals surface area contributed by atoms with E-state index in [4.69, 9.17) is 11.6 Å². The third-order valence-corrected chi connectivity index (χ3v) is 3.91. The summed E-state index contributed by atoms with van der Waals surface area (Å²) in [4.78, 5) is 13.9. The van der Waals surface area contributed by atoms with Gasteiger partial charge in [0.2, 0.25) is 5.91 Å². The normalized spacial score (nSPS) is 20.9. The molecule has 4 heteroatoms. The van der Waals surface area contributed by atoms with Crippen molar-refractivity contribution < 1.29 is 4.79 Å². The molecule has 1 aromatic rings. The topological polar surface area (TPSA) is 32.3 Å². The van der Waals surface area contributed by atoms with Gasteiger partial charge in [-0.05, 0) is 32.4 Å². The molecule has 1 saturated heterocycles. The van der Waals surface area contributed by atoms with Crippen LogP contribution in [0.5, 0.6) is 0 Å². The number of hydrogen-bond acceptors (Lipinski definition) is 2. The minimum Gasteiger partial charge on any atom is -0.375 e. The van der Waals surface area contributed by atoms with Crippen LogP contribution in [0.2, 0.25) is 5.02 Å². The minimum absolute atomic E-state index is 0.204. The van der Waals surface area contributed by atoms with Crippen LogP contribution in [0.15, 0.2) is 24.3 Å². The molecule has 0 saturated carbocycles. The summed E-state index contributed by atoms with van der Waals surface area (Å²) in [5.74, 6) is 0.204. The van der Waals surface area contributed by atoms with Crippen LogP contribution < -0.4 is 5.32 Å². The summed E-state index contributed by atoms with van der Waals surface area (Å²) in [5.41, 5.74) is 2.72. The van der Waals surface area contributed by atoms with E-state index < -0.39 is 0 Å². The van der Waals surface area contributed by atoms with E-state index >= 15 is 0 Å². The maximum atomic E-state index is 12.0. The number of nitrogens with zero attached hydrogens (tertiary/aromatic N) is 1. The number of rotatable bonds is 1. The number of amides is 1. The Kier molecular flexibility index (Phi) is 2.82. The van der Waals surface area contributed by atoms with Gasteiger partial charge in [0, 0.05) is 18.5 Å². The van der Waals surface area contributed by atoms with Crippen LogP contribution in [0.3, 0.4) is 0 Å². The fourth-order valence-corrected chi connectivity index (χ4v) is 2.99. The lowest BCUT2D eigenvalue weighted by Gasteiger charge is -2.35. The molecule has 2 aliphatic heterocycles. The molecule has 0 atom stereocenters. The Bertz CT molecular complexity index is 578. The van der Waals surface area contributed by atoms with Gasteiger partial charge in [0.1, 0.15) is 0 Å². The lowest BCUT2D eigenvalue weighted by atomic mass is 9.93. The molecule has 0 radical (unpaired) electrons. The number of benzene rings is 1. The SMILES string of the molecule is CC1(C)C=C(N2CCCC2=O)c2cccc(Cl)c2N1. The van der Waals surface area contributed by atoms with Crippen molar-refractivity contribution in [3.05, 3.63) is 34.9 Å². The Morgan fingerprint density at radius 2 is 2.16 bits per heavy atom. The van der Waals surface area contributed by atoms with Crippen LogP contribution >= 0.6 is 11.6 Å². The second-order valence-electron chi connectivity index (χ2n) is 5.69. The summed E-state index contributed by atoms with van der Waals surface area (Å²) in [6.45, 7) is 4.96. The Balaban J connectivity index is 2.14. The quantitative estimate of drug-likeness (QED) is 0.851. The van der Waals surface area contributed by atoms with Gasteiger partial charge in [0.25, 0.3) is 0 Å². The summed E-state index contributed by atoms with van der Waals surface area (Å²) < 4.78 is 0. The van der Waals surface area contributed by atoms with Gasteiger partial charge in [-0.3, -0.25) is 4.79 Å². The first-order valence-electron chi connectivity index (χ1n) is 6.58. The van der Waals surface area contributed by atoms with Crippen molar-refractivity contribution in [3.8, 4) is 0 Å². The highest BCUT2D eigenvalue weighted by molar-refractivity contribution is 6.33. The molecule has 100 valence electrons. The molecule has 19 heavy (non-hydrogen) atoms. The highest BCUT2D eigenvalue weighted by atomic mass is 35.5. The van der Waals surface area contributed by atoms with Gasteiger partial charge in [-0.2, -0.15) is 0 Å². The third-order valence-electron chi connectivity index (χ3n) is 3.60. The standard InChI is InChI=1S/C15H17ClN2O/c1-15(2)9-12(18-8-4-7-13(18)19)10-5-3-6-11(16)14(10)17-15/h3,5-6,9,17H,4,7-8H2,1-2H3. The lowest BCUT2D eigenvalue weighted by Crippen LogP contribution is -2.36. The fraction of sp³-hybridized carbons (Fsp3) is 0.400. The number of fused-ring (bicyclic) bond motifs is 1. The number of halogens is 1. The molecule has 2 heterocycles. The molecular formula is C15H17ClN2O. The molecule has 0 spiro atoms. The predicted molar refractivity (Wildman–Crippen MR) is 78.1 cm³/mol. The molecule has 0 aliphatic carbocycles. The van der Waals surface area contributed by atoms with Gasteiger partial charge in [-0.15, -0.1) is 0 Å². The molecule has 1 fully saturated rings. The van der Waals surface area contributed by atoms with Crippen LogP contribution in [-0.4, -0.2) is 22.9 Å². The van der Waals surface area contributed by atoms with E-state index in [0.717, 1.165) is 29.9 Å². The molecule has 2 aliphatic rings. The van der Waals surface area contributed by atoms with Crippen LogP contribution in [-0.2, 0) is 4.79 Å². The highest BCUT2D eigenvalue weighted by Gasteiger charge is 2.32. The van der Waals surface area contributed by atoms with Crippen molar-refractivity contribution in [1.29, 1.82) is 0 Å². The first-order chi connectivity index (χ1) is 8.98. The summed E-state index contributed by atoms with van der Waals surface area (Å²) in [7, 11) is 0. The number of hydrogen-bond donors (Lipinski definition) is 1. The molecule has 0 aromatic heterocycles. The molecule has 1 amide bonds. The number of para-hydroxylation sites is 1.